The molecule has 0 amide bonds. The van der Waals surface area contributed by atoms with Crippen LogP contribution in [0.4, 0.5) is 0 Å². The molecule has 1 aliphatic carbocycles. The van der Waals surface area contributed by atoms with Crippen LogP contribution in [-0.4, -0.2) is 23.1 Å². The van der Waals surface area contributed by atoms with Gasteiger partial charge in [-0.15, -0.1) is 0 Å². The minimum absolute atomic E-state index is 0.899. The maximum Gasteiger partial charge on any atom is 0.0949 e. The largest absolute Gasteiger partial charge is 0.337 e. The first-order valence-electron chi connectivity index (χ1n) is 6.03. The van der Waals surface area contributed by atoms with E-state index in [9.17, 15) is 0 Å². The highest BCUT2D eigenvalue weighted by molar-refractivity contribution is 4.97. The average Bonchev–Trinajstić information content (AvgIpc) is 2.87. The Balaban J connectivity index is 1.83. The molecule has 0 unspecified atom stereocenters. The standard InChI is InChI=1S/C12H21N3/c1-13-7-6-12-9-15(10-14-12)8-11-4-2-3-5-11/h9-11,13H,2-8H2,1H3. The first-order valence-corrected chi connectivity index (χ1v) is 6.03. The predicted octanol–water partition coefficient (Wildman–Crippen LogP) is 1.84. The minimum Gasteiger partial charge on any atom is -0.337 e. The van der Waals surface area contributed by atoms with Gasteiger partial charge in [0.2, 0.25) is 0 Å². The van der Waals surface area contributed by atoms with Crippen molar-refractivity contribution in [2.45, 2.75) is 38.6 Å². The summed E-state index contributed by atoms with van der Waals surface area (Å²) in [5.74, 6) is 0.899. The molecule has 1 saturated carbocycles. The molecule has 0 radical (unpaired) electrons. The van der Waals surface area contributed by atoms with Gasteiger partial charge < -0.3 is 9.88 Å². The zero-order chi connectivity index (χ0) is 10.5. The first kappa shape index (κ1) is 10.7. The Morgan fingerprint density at radius 1 is 1.47 bits per heavy atom. The second kappa shape index (κ2) is 5.31. The van der Waals surface area contributed by atoms with Crippen molar-refractivity contribution in [3.8, 4) is 0 Å². The van der Waals surface area contributed by atoms with Gasteiger partial charge in [-0.1, -0.05) is 12.8 Å². The highest BCUT2D eigenvalue weighted by atomic mass is 15.0. The second-order valence-corrected chi connectivity index (χ2v) is 4.57. The smallest absolute Gasteiger partial charge is 0.0949 e. The third kappa shape index (κ3) is 3.06. The van der Waals surface area contributed by atoms with Crippen molar-refractivity contribution >= 4 is 0 Å². The number of aromatic nitrogens is 2. The highest BCUT2D eigenvalue weighted by Crippen LogP contribution is 2.26. The molecule has 3 nitrogen and oxygen atoms in total. The minimum atomic E-state index is 0.899. The van der Waals surface area contributed by atoms with Crippen molar-refractivity contribution in [2.75, 3.05) is 13.6 Å². The fourth-order valence-corrected chi connectivity index (χ4v) is 2.38. The van der Waals surface area contributed by atoms with Crippen LogP contribution in [-0.2, 0) is 13.0 Å². The molecular weight excluding hydrogens is 186 g/mol. The van der Waals surface area contributed by atoms with Gasteiger partial charge in [-0.25, -0.2) is 4.98 Å². The van der Waals surface area contributed by atoms with Crippen LogP contribution in [0.5, 0.6) is 0 Å². The van der Waals surface area contributed by atoms with Gasteiger partial charge in [0.05, 0.1) is 12.0 Å². The van der Waals surface area contributed by atoms with Gasteiger partial charge in [0.25, 0.3) is 0 Å². The molecule has 15 heavy (non-hydrogen) atoms. The van der Waals surface area contributed by atoms with Crippen LogP contribution < -0.4 is 5.32 Å². The molecule has 0 spiro atoms. The number of hydrogen-bond acceptors (Lipinski definition) is 2. The van der Waals surface area contributed by atoms with Gasteiger partial charge in [-0.05, 0) is 25.8 Å². The summed E-state index contributed by atoms with van der Waals surface area (Å²) in [7, 11) is 1.98. The Morgan fingerprint density at radius 3 is 3.00 bits per heavy atom. The normalized spacial score (nSPS) is 17.4. The summed E-state index contributed by atoms with van der Waals surface area (Å²) >= 11 is 0. The molecule has 0 atom stereocenters. The Bertz CT molecular complexity index is 287. The maximum atomic E-state index is 4.42. The van der Waals surface area contributed by atoms with Crippen molar-refractivity contribution in [2.24, 2.45) is 5.92 Å². The maximum absolute atomic E-state index is 4.42. The van der Waals surface area contributed by atoms with E-state index in [0.29, 0.717) is 0 Å². The third-order valence-electron chi connectivity index (χ3n) is 3.26. The van der Waals surface area contributed by atoms with Crippen molar-refractivity contribution in [1.82, 2.24) is 14.9 Å². The van der Waals surface area contributed by atoms with Crippen molar-refractivity contribution in [1.29, 1.82) is 0 Å². The lowest BCUT2D eigenvalue weighted by molar-refractivity contribution is 0.457. The second-order valence-electron chi connectivity index (χ2n) is 4.57. The topological polar surface area (TPSA) is 29.9 Å². The molecule has 1 aliphatic rings. The Kier molecular flexibility index (Phi) is 3.78. The van der Waals surface area contributed by atoms with E-state index in [2.05, 4.69) is 21.1 Å². The summed E-state index contributed by atoms with van der Waals surface area (Å²) in [4.78, 5) is 4.42. The molecule has 84 valence electrons. The molecule has 1 fully saturated rings. The molecule has 0 aliphatic heterocycles. The van der Waals surface area contributed by atoms with Crippen LogP contribution in [0.1, 0.15) is 31.4 Å². The van der Waals surface area contributed by atoms with E-state index in [0.717, 1.165) is 18.9 Å². The lowest BCUT2D eigenvalue weighted by atomic mass is 10.1. The fraction of sp³-hybridized carbons (Fsp3) is 0.750. The van der Waals surface area contributed by atoms with Gasteiger partial charge in [-0.2, -0.15) is 0 Å². The van der Waals surface area contributed by atoms with E-state index >= 15 is 0 Å². The number of nitrogens with one attached hydrogen (secondary N) is 1. The molecule has 1 aromatic rings. The van der Waals surface area contributed by atoms with E-state index in [1.54, 1.807) is 0 Å². The Morgan fingerprint density at radius 2 is 2.27 bits per heavy atom. The first-order chi connectivity index (χ1) is 7.38. The molecular formula is C12H21N3. The number of rotatable bonds is 5. The molecule has 1 aromatic heterocycles. The lowest BCUT2D eigenvalue weighted by Crippen LogP contribution is -2.10. The van der Waals surface area contributed by atoms with Gasteiger partial charge >= 0.3 is 0 Å². The average molecular weight is 207 g/mol. The van der Waals surface area contributed by atoms with Gasteiger partial charge in [-0.3, -0.25) is 0 Å². The summed E-state index contributed by atoms with van der Waals surface area (Å²) in [6.45, 7) is 2.19. The summed E-state index contributed by atoms with van der Waals surface area (Å²) in [6, 6.07) is 0. The summed E-state index contributed by atoms with van der Waals surface area (Å²) in [6.07, 6.45) is 10.9. The molecule has 2 rings (SSSR count). The highest BCUT2D eigenvalue weighted by Gasteiger charge is 2.15. The van der Waals surface area contributed by atoms with E-state index in [1.165, 1.54) is 37.9 Å². The van der Waals surface area contributed by atoms with Crippen molar-refractivity contribution in [3.63, 3.8) is 0 Å². The Hall–Kier alpha value is -0.830. The van der Waals surface area contributed by atoms with Crippen LogP contribution in [0.3, 0.4) is 0 Å². The third-order valence-corrected chi connectivity index (χ3v) is 3.26. The number of hydrogen-bond donors (Lipinski definition) is 1. The SMILES string of the molecule is CNCCc1cn(CC2CCCC2)cn1. The quantitative estimate of drug-likeness (QED) is 0.798. The number of likely N-dealkylation sites (N-methyl/N-ethyl adjacent to an activating group) is 1. The van der Waals surface area contributed by atoms with E-state index in [-0.39, 0.29) is 0 Å². The van der Waals surface area contributed by atoms with Crippen LogP contribution in [0.15, 0.2) is 12.5 Å². The molecule has 0 bridgehead atoms. The van der Waals surface area contributed by atoms with Gasteiger partial charge in [0.1, 0.15) is 0 Å². The van der Waals surface area contributed by atoms with Crippen molar-refractivity contribution in [3.05, 3.63) is 18.2 Å². The lowest BCUT2D eigenvalue weighted by Gasteiger charge is -2.08. The number of nitrogens with zero attached hydrogens (tertiary/aromatic N) is 2. The summed E-state index contributed by atoms with van der Waals surface area (Å²) in [5.41, 5.74) is 1.21. The molecule has 1 heterocycles. The van der Waals surface area contributed by atoms with Crippen LogP contribution in [0.25, 0.3) is 0 Å². The van der Waals surface area contributed by atoms with Crippen LogP contribution in [0.2, 0.25) is 0 Å². The Labute approximate surface area is 91.9 Å². The van der Waals surface area contributed by atoms with Gasteiger partial charge in [0, 0.05) is 25.7 Å². The van der Waals surface area contributed by atoms with Crippen LogP contribution in [0, 0.1) is 5.92 Å². The summed E-state index contributed by atoms with van der Waals surface area (Å²) in [5, 5.41) is 3.15. The van der Waals surface area contributed by atoms with E-state index < -0.39 is 0 Å². The van der Waals surface area contributed by atoms with E-state index in [4.69, 9.17) is 0 Å². The number of imidazole rings is 1. The van der Waals surface area contributed by atoms with Gasteiger partial charge in [0.15, 0.2) is 0 Å². The predicted molar refractivity (Wildman–Crippen MR) is 61.8 cm³/mol. The molecule has 0 saturated heterocycles. The molecule has 0 aromatic carbocycles. The van der Waals surface area contributed by atoms with Crippen molar-refractivity contribution < 1.29 is 0 Å². The zero-order valence-corrected chi connectivity index (χ0v) is 9.58. The fourth-order valence-electron chi connectivity index (χ4n) is 2.38. The molecule has 3 heteroatoms. The van der Waals surface area contributed by atoms with Crippen LogP contribution >= 0.6 is 0 Å². The zero-order valence-electron chi connectivity index (χ0n) is 9.58. The molecule has 1 N–H and O–H groups in total. The van der Waals surface area contributed by atoms with E-state index in [1.807, 2.05) is 13.4 Å². The summed E-state index contributed by atoms with van der Waals surface area (Å²) < 4.78 is 2.26. The monoisotopic (exact) mass is 207 g/mol.